The lowest BCUT2D eigenvalue weighted by atomic mass is 10.1. The molecule has 0 saturated carbocycles. The normalized spacial score (nSPS) is 10.6. The molecule has 3 aromatic rings. The molecule has 0 saturated heterocycles. The number of benzene rings is 2. The van der Waals surface area contributed by atoms with Gasteiger partial charge in [0.1, 0.15) is 6.54 Å². The first-order chi connectivity index (χ1) is 12.9. The quantitative estimate of drug-likeness (QED) is 0.546. The van der Waals surface area contributed by atoms with Crippen molar-refractivity contribution in [1.29, 1.82) is 0 Å². The van der Waals surface area contributed by atoms with Gasteiger partial charge in [0.2, 0.25) is 5.91 Å². The fraction of sp³-hybridized carbons (Fsp3) is 0.158. The minimum Gasteiger partial charge on any atom is -0.465 e. The van der Waals surface area contributed by atoms with Crippen LogP contribution >= 0.6 is 0 Å². The van der Waals surface area contributed by atoms with E-state index >= 15 is 0 Å². The molecule has 0 aliphatic carbocycles. The summed E-state index contributed by atoms with van der Waals surface area (Å²) in [6.45, 7) is 1.09. The lowest BCUT2D eigenvalue weighted by Crippen LogP contribution is -2.25. The van der Waals surface area contributed by atoms with Crippen LogP contribution in [0.5, 0.6) is 0 Å². The van der Waals surface area contributed by atoms with Gasteiger partial charge >= 0.3 is 11.7 Å². The first kappa shape index (κ1) is 18.1. The molecule has 1 heterocycles. The average molecular weight is 368 g/mol. The van der Waals surface area contributed by atoms with Crippen LogP contribution in [0.15, 0.2) is 51.7 Å². The molecule has 3 rings (SSSR count). The molecular weight excluding hydrogens is 352 g/mol. The second kappa shape index (κ2) is 7.28. The highest BCUT2D eigenvalue weighted by Gasteiger charge is 2.17. The van der Waals surface area contributed by atoms with Crippen molar-refractivity contribution < 1.29 is 23.5 Å². The molecule has 0 unspecified atom stereocenters. The van der Waals surface area contributed by atoms with Crippen molar-refractivity contribution in [2.45, 2.75) is 13.5 Å². The number of nitrogens with zero attached hydrogens (tertiary/aromatic N) is 1. The smallest absolute Gasteiger partial charge is 0.420 e. The number of carbonyl (C=O) groups is 3. The summed E-state index contributed by atoms with van der Waals surface area (Å²) in [5.41, 5.74) is 1.48. The van der Waals surface area contributed by atoms with E-state index in [1.807, 2.05) is 0 Å². The molecule has 1 amide bonds. The summed E-state index contributed by atoms with van der Waals surface area (Å²) in [5, 5.41) is 2.59. The number of nitrogens with one attached hydrogen (secondary N) is 1. The number of esters is 1. The first-order valence-electron chi connectivity index (χ1n) is 8.02. The Balaban J connectivity index is 1.87. The van der Waals surface area contributed by atoms with Crippen LogP contribution in [-0.2, 0) is 16.1 Å². The third-order valence-electron chi connectivity index (χ3n) is 3.98. The number of oxazole rings is 1. The summed E-state index contributed by atoms with van der Waals surface area (Å²) in [4.78, 5) is 47.7. The summed E-state index contributed by atoms with van der Waals surface area (Å²) >= 11 is 0. The van der Waals surface area contributed by atoms with E-state index in [0.717, 1.165) is 4.57 Å². The Morgan fingerprint density at radius 2 is 1.89 bits per heavy atom. The SMILES string of the molecule is COC(=O)c1ccccc1NC(=O)Cn1c(=O)oc2cc(C(C)=O)ccc21. The topological polar surface area (TPSA) is 108 Å². The molecule has 0 atom stereocenters. The second-order valence-electron chi connectivity index (χ2n) is 5.78. The Bertz CT molecular complexity index is 1110. The van der Waals surface area contributed by atoms with Crippen LogP contribution in [0.4, 0.5) is 5.69 Å². The van der Waals surface area contributed by atoms with Gasteiger partial charge in [0.25, 0.3) is 0 Å². The van der Waals surface area contributed by atoms with Gasteiger partial charge in [-0.3, -0.25) is 14.2 Å². The second-order valence-corrected chi connectivity index (χ2v) is 5.78. The van der Waals surface area contributed by atoms with Crippen LogP contribution < -0.4 is 11.1 Å². The molecule has 0 spiro atoms. The summed E-state index contributed by atoms with van der Waals surface area (Å²) in [5.74, 6) is -1.99. The highest BCUT2D eigenvalue weighted by Crippen LogP contribution is 2.18. The number of ether oxygens (including phenoxy) is 1. The van der Waals surface area contributed by atoms with Crippen molar-refractivity contribution in [2.75, 3.05) is 12.4 Å². The van der Waals surface area contributed by atoms with Gasteiger partial charge in [0, 0.05) is 5.56 Å². The van der Waals surface area contributed by atoms with Gasteiger partial charge in [-0.25, -0.2) is 9.59 Å². The van der Waals surface area contributed by atoms with Crippen LogP contribution in [0.25, 0.3) is 11.1 Å². The van der Waals surface area contributed by atoms with E-state index in [0.29, 0.717) is 11.1 Å². The van der Waals surface area contributed by atoms with Gasteiger partial charge in [0.15, 0.2) is 11.4 Å². The fourth-order valence-electron chi connectivity index (χ4n) is 2.65. The van der Waals surface area contributed by atoms with Gasteiger partial charge in [-0.2, -0.15) is 0 Å². The Labute approximate surface area is 153 Å². The Morgan fingerprint density at radius 3 is 2.59 bits per heavy atom. The number of aromatic nitrogens is 1. The molecule has 2 aromatic carbocycles. The van der Waals surface area contributed by atoms with E-state index in [1.54, 1.807) is 30.3 Å². The van der Waals surface area contributed by atoms with Crippen molar-refractivity contribution in [2.24, 2.45) is 0 Å². The van der Waals surface area contributed by atoms with E-state index in [2.05, 4.69) is 10.1 Å². The lowest BCUT2D eigenvalue weighted by molar-refractivity contribution is -0.116. The fourth-order valence-corrected chi connectivity index (χ4v) is 2.65. The molecular formula is C19H16N2O6. The number of ketones is 1. The molecule has 27 heavy (non-hydrogen) atoms. The summed E-state index contributed by atoms with van der Waals surface area (Å²) < 4.78 is 11.0. The number of methoxy groups -OCH3 is 1. The maximum absolute atomic E-state index is 12.4. The summed E-state index contributed by atoms with van der Waals surface area (Å²) in [7, 11) is 1.24. The lowest BCUT2D eigenvalue weighted by Gasteiger charge is -2.09. The van der Waals surface area contributed by atoms with Gasteiger partial charge in [0.05, 0.1) is 23.9 Å². The molecule has 0 radical (unpaired) electrons. The largest absolute Gasteiger partial charge is 0.465 e. The number of Topliss-reactive ketones (excluding diaryl/α,β-unsaturated/α-hetero) is 1. The summed E-state index contributed by atoms with van der Waals surface area (Å²) in [6, 6.07) is 10.9. The van der Waals surface area contributed by atoms with Crippen LogP contribution in [-0.4, -0.2) is 29.3 Å². The highest BCUT2D eigenvalue weighted by molar-refractivity contribution is 6.01. The molecule has 0 aliphatic heterocycles. The maximum atomic E-state index is 12.4. The molecule has 138 valence electrons. The van der Waals surface area contributed by atoms with Crippen LogP contribution in [0.3, 0.4) is 0 Å². The van der Waals surface area contributed by atoms with Gasteiger partial charge in [-0.05, 0) is 37.3 Å². The minimum atomic E-state index is -0.720. The number of rotatable bonds is 5. The number of carbonyl (C=O) groups excluding carboxylic acids is 3. The predicted molar refractivity (Wildman–Crippen MR) is 96.9 cm³/mol. The number of fused-ring (bicyclic) bond motifs is 1. The number of para-hydroxylation sites is 1. The molecule has 8 nitrogen and oxygen atoms in total. The van der Waals surface area contributed by atoms with Gasteiger partial charge < -0.3 is 14.5 Å². The minimum absolute atomic E-state index is 0.163. The van der Waals surface area contributed by atoms with E-state index in [9.17, 15) is 19.2 Å². The number of anilines is 1. The number of amides is 1. The average Bonchev–Trinajstić information content (AvgIpc) is 2.96. The third kappa shape index (κ3) is 3.64. The molecule has 0 aliphatic rings. The molecule has 8 heteroatoms. The molecule has 1 N–H and O–H groups in total. The highest BCUT2D eigenvalue weighted by atomic mass is 16.5. The van der Waals surface area contributed by atoms with E-state index < -0.39 is 17.6 Å². The predicted octanol–water partition coefficient (Wildman–Crippen LogP) is 2.22. The zero-order valence-corrected chi connectivity index (χ0v) is 14.6. The Morgan fingerprint density at radius 1 is 1.15 bits per heavy atom. The van der Waals surface area contributed by atoms with Crippen molar-refractivity contribution in [1.82, 2.24) is 4.57 Å². The summed E-state index contributed by atoms with van der Waals surface area (Å²) in [6.07, 6.45) is 0. The van der Waals surface area contributed by atoms with E-state index in [1.165, 1.54) is 26.2 Å². The van der Waals surface area contributed by atoms with Crippen molar-refractivity contribution in [3.05, 3.63) is 64.1 Å². The van der Waals surface area contributed by atoms with Crippen molar-refractivity contribution in [3.8, 4) is 0 Å². The Kier molecular flexibility index (Phi) is 4.89. The van der Waals surface area contributed by atoms with E-state index in [4.69, 9.17) is 4.42 Å². The van der Waals surface area contributed by atoms with E-state index in [-0.39, 0.29) is 29.2 Å². The zero-order valence-electron chi connectivity index (χ0n) is 14.6. The van der Waals surface area contributed by atoms with Gasteiger partial charge in [-0.1, -0.05) is 12.1 Å². The third-order valence-corrected chi connectivity index (χ3v) is 3.98. The number of hydrogen-bond acceptors (Lipinski definition) is 6. The molecule has 0 fully saturated rings. The zero-order chi connectivity index (χ0) is 19.6. The van der Waals surface area contributed by atoms with Crippen LogP contribution in [0.2, 0.25) is 0 Å². The first-order valence-corrected chi connectivity index (χ1v) is 8.02. The molecule has 1 aromatic heterocycles. The Hall–Kier alpha value is -3.68. The van der Waals surface area contributed by atoms with Crippen LogP contribution in [0.1, 0.15) is 27.6 Å². The standard InChI is InChI=1S/C19H16N2O6/c1-11(22)12-7-8-15-16(9-12)27-19(25)21(15)10-17(23)20-14-6-4-3-5-13(14)18(24)26-2/h3-9H,10H2,1-2H3,(H,20,23). The monoisotopic (exact) mass is 368 g/mol. The van der Waals surface area contributed by atoms with Crippen molar-refractivity contribution >= 4 is 34.4 Å². The number of hydrogen-bond donors (Lipinski definition) is 1. The van der Waals surface area contributed by atoms with Gasteiger partial charge in [-0.15, -0.1) is 0 Å². The van der Waals surface area contributed by atoms with Crippen molar-refractivity contribution in [3.63, 3.8) is 0 Å². The molecule has 0 bridgehead atoms. The maximum Gasteiger partial charge on any atom is 0.420 e. The van der Waals surface area contributed by atoms with Crippen LogP contribution in [0, 0.1) is 0 Å².